The van der Waals surface area contributed by atoms with Crippen LogP contribution in [0.5, 0.6) is 5.75 Å². The van der Waals surface area contributed by atoms with E-state index in [2.05, 4.69) is 6.92 Å². The van der Waals surface area contributed by atoms with Gasteiger partial charge in [0.25, 0.3) is 5.56 Å². The predicted octanol–water partition coefficient (Wildman–Crippen LogP) is 4.91. The first-order chi connectivity index (χ1) is 11.0. The number of pyridine rings is 1. The van der Waals surface area contributed by atoms with Crippen LogP contribution in [0.25, 0.3) is 0 Å². The molecule has 6 heteroatoms. The molecule has 0 saturated heterocycles. The van der Waals surface area contributed by atoms with E-state index < -0.39 is 5.82 Å². The SMILES string of the molecule is CCCCCOc1ccn(Cc2cc(F)c(Cl)cc2Cl)c(=O)c1. The summed E-state index contributed by atoms with van der Waals surface area (Å²) in [4.78, 5) is 12.1. The van der Waals surface area contributed by atoms with Crippen LogP contribution in [0.3, 0.4) is 0 Å². The lowest BCUT2D eigenvalue weighted by molar-refractivity contribution is 0.305. The van der Waals surface area contributed by atoms with E-state index in [0.717, 1.165) is 19.3 Å². The first kappa shape index (κ1) is 17.8. The van der Waals surface area contributed by atoms with Crippen LogP contribution in [0.4, 0.5) is 4.39 Å². The van der Waals surface area contributed by atoms with E-state index >= 15 is 0 Å². The maximum atomic E-state index is 13.5. The number of aromatic nitrogens is 1. The summed E-state index contributed by atoms with van der Waals surface area (Å²) >= 11 is 11.7. The van der Waals surface area contributed by atoms with Gasteiger partial charge in [0.15, 0.2) is 0 Å². The largest absolute Gasteiger partial charge is 0.493 e. The molecule has 1 aromatic heterocycles. The third-order valence-electron chi connectivity index (χ3n) is 3.41. The van der Waals surface area contributed by atoms with E-state index in [1.165, 1.54) is 22.8 Å². The van der Waals surface area contributed by atoms with Gasteiger partial charge in [0.2, 0.25) is 0 Å². The van der Waals surface area contributed by atoms with Crippen LogP contribution in [0.15, 0.2) is 35.3 Å². The molecule has 3 nitrogen and oxygen atoms in total. The average Bonchev–Trinajstić information content (AvgIpc) is 2.51. The van der Waals surface area contributed by atoms with Gasteiger partial charge in [0.05, 0.1) is 18.2 Å². The van der Waals surface area contributed by atoms with Gasteiger partial charge in [0.1, 0.15) is 11.6 Å². The van der Waals surface area contributed by atoms with E-state index in [-0.39, 0.29) is 17.1 Å². The third kappa shape index (κ3) is 4.98. The van der Waals surface area contributed by atoms with Crippen molar-refractivity contribution in [3.05, 3.63) is 62.2 Å². The fourth-order valence-electron chi connectivity index (χ4n) is 2.12. The summed E-state index contributed by atoms with van der Waals surface area (Å²) < 4.78 is 20.5. The minimum atomic E-state index is -0.560. The first-order valence-electron chi connectivity index (χ1n) is 7.48. The van der Waals surface area contributed by atoms with Crippen molar-refractivity contribution in [1.82, 2.24) is 4.57 Å². The molecule has 0 saturated carbocycles. The van der Waals surface area contributed by atoms with Gasteiger partial charge in [0, 0.05) is 17.3 Å². The van der Waals surface area contributed by atoms with E-state index in [0.29, 0.717) is 22.9 Å². The van der Waals surface area contributed by atoms with Crippen molar-refractivity contribution in [3.63, 3.8) is 0 Å². The van der Waals surface area contributed by atoms with Crippen molar-refractivity contribution in [2.45, 2.75) is 32.7 Å². The number of ether oxygens (including phenoxy) is 1. The molecule has 0 bridgehead atoms. The Balaban J connectivity index is 2.10. The molecular formula is C17H18Cl2FNO2. The molecule has 0 aliphatic heterocycles. The van der Waals surface area contributed by atoms with Gasteiger partial charge in [-0.3, -0.25) is 4.79 Å². The lowest BCUT2D eigenvalue weighted by atomic mass is 10.2. The Labute approximate surface area is 144 Å². The molecule has 2 rings (SSSR count). The molecule has 0 fully saturated rings. The number of hydrogen-bond acceptors (Lipinski definition) is 2. The molecule has 23 heavy (non-hydrogen) atoms. The second-order valence-corrected chi connectivity index (χ2v) is 6.06. The van der Waals surface area contributed by atoms with E-state index in [4.69, 9.17) is 27.9 Å². The Hall–Kier alpha value is -1.52. The fraction of sp³-hybridized carbons (Fsp3) is 0.353. The Morgan fingerprint density at radius 1 is 1.17 bits per heavy atom. The van der Waals surface area contributed by atoms with Gasteiger partial charge >= 0.3 is 0 Å². The zero-order valence-corrected chi connectivity index (χ0v) is 14.3. The average molecular weight is 358 g/mol. The molecule has 1 aromatic carbocycles. The Kier molecular flexibility index (Phi) is 6.48. The van der Waals surface area contributed by atoms with Crippen LogP contribution >= 0.6 is 23.2 Å². The summed E-state index contributed by atoms with van der Waals surface area (Å²) in [7, 11) is 0. The Morgan fingerprint density at radius 2 is 1.96 bits per heavy atom. The van der Waals surface area contributed by atoms with E-state index in [1.807, 2.05) is 0 Å². The number of halogens is 3. The van der Waals surface area contributed by atoms with Crippen molar-refractivity contribution in [2.24, 2.45) is 0 Å². The standard InChI is InChI=1S/C17H18Cl2FNO2/c1-2-3-4-7-23-13-5-6-21(17(22)9-13)11-12-8-16(20)15(19)10-14(12)18/h5-6,8-10H,2-4,7,11H2,1H3. The van der Waals surface area contributed by atoms with Crippen molar-refractivity contribution >= 4 is 23.2 Å². The summed E-state index contributed by atoms with van der Waals surface area (Å²) in [6, 6.07) is 5.72. The highest BCUT2D eigenvalue weighted by molar-refractivity contribution is 6.35. The monoisotopic (exact) mass is 357 g/mol. The van der Waals surface area contributed by atoms with Crippen molar-refractivity contribution in [2.75, 3.05) is 6.61 Å². The molecule has 124 valence electrons. The third-order valence-corrected chi connectivity index (χ3v) is 4.06. The summed E-state index contributed by atoms with van der Waals surface area (Å²) in [5.74, 6) is -0.0225. The summed E-state index contributed by atoms with van der Waals surface area (Å²) in [6.45, 7) is 2.87. The van der Waals surface area contributed by atoms with Crippen molar-refractivity contribution in [3.8, 4) is 5.75 Å². The molecular weight excluding hydrogens is 340 g/mol. The van der Waals surface area contributed by atoms with E-state index in [1.54, 1.807) is 12.3 Å². The second kappa shape index (κ2) is 8.37. The molecule has 0 N–H and O–H groups in total. The van der Waals surface area contributed by atoms with Gasteiger partial charge in [-0.05, 0) is 30.2 Å². The van der Waals surface area contributed by atoms with Crippen molar-refractivity contribution in [1.29, 1.82) is 0 Å². The zero-order chi connectivity index (χ0) is 16.8. The smallest absolute Gasteiger partial charge is 0.254 e. The minimum Gasteiger partial charge on any atom is -0.493 e. The van der Waals surface area contributed by atoms with Gasteiger partial charge in [-0.2, -0.15) is 0 Å². The lowest BCUT2D eigenvalue weighted by Crippen LogP contribution is -2.19. The maximum absolute atomic E-state index is 13.5. The Morgan fingerprint density at radius 3 is 2.65 bits per heavy atom. The minimum absolute atomic E-state index is 0.0399. The number of rotatable bonds is 7. The number of benzene rings is 1. The van der Waals surface area contributed by atoms with Gasteiger partial charge < -0.3 is 9.30 Å². The molecule has 0 unspecified atom stereocenters. The fourth-order valence-corrected chi connectivity index (χ4v) is 2.56. The highest BCUT2D eigenvalue weighted by Gasteiger charge is 2.09. The van der Waals surface area contributed by atoms with Crippen LogP contribution < -0.4 is 10.3 Å². The van der Waals surface area contributed by atoms with Gasteiger partial charge in [-0.15, -0.1) is 0 Å². The second-order valence-electron chi connectivity index (χ2n) is 5.24. The highest BCUT2D eigenvalue weighted by atomic mass is 35.5. The lowest BCUT2D eigenvalue weighted by Gasteiger charge is -2.10. The van der Waals surface area contributed by atoms with Crippen LogP contribution in [-0.4, -0.2) is 11.2 Å². The number of hydrogen-bond donors (Lipinski definition) is 0. The number of unbranched alkanes of at least 4 members (excludes halogenated alkanes) is 2. The van der Waals surface area contributed by atoms with Crippen LogP contribution in [0, 0.1) is 5.82 Å². The summed E-state index contributed by atoms with van der Waals surface area (Å²) in [5, 5.41) is 0.283. The van der Waals surface area contributed by atoms with Crippen LogP contribution in [0.2, 0.25) is 10.0 Å². The van der Waals surface area contributed by atoms with Crippen molar-refractivity contribution < 1.29 is 9.13 Å². The van der Waals surface area contributed by atoms with Gasteiger partial charge in [-0.25, -0.2) is 4.39 Å². The summed E-state index contributed by atoms with van der Waals surface area (Å²) in [5.41, 5.74) is 0.261. The van der Waals surface area contributed by atoms with E-state index in [9.17, 15) is 9.18 Å². The van der Waals surface area contributed by atoms with Crippen LogP contribution in [0.1, 0.15) is 31.7 Å². The van der Waals surface area contributed by atoms with Crippen LogP contribution in [-0.2, 0) is 6.54 Å². The Bertz CT molecular complexity index is 731. The predicted molar refractivity (Wildman–Crippen MR) is 91.2 cm³/mol. The molecule has 0 spiro atoms. The number of nitrogens with zero attached hydrogens (tertiary/aromatic N) is 1. The molecule has 0 radical (unpaired) electrons. The van der Waals surface area contributed by atoms with Gasteiger partial charge in [-0.1, -0.05) is 43.0 Å². The first-order valence-corrected chi connectivity index (χ1v) is 8.23. The summed E-state index contributed by atoms with van der Waals surface area (Å²) in [6.07, 6.45) is 4.78. The molecule has 0 atom stereocenters. The molecule has 1 heterocycles. The molecule has 0 aliphatic carbocycles. The quantitative estimate of drug-likeness (QED) is 0.520. The molecule has 0 aliphatic rings. The highest BCUT2D eigenvalue weighted by Crippen LogP contribution is 2.24. The zero-order valence-electron chi connectivity index (χ0n) is 12.8. The molecule has 2 aromatic rings. The topological polar surface area (TPSA) is 31.2 Å². The normalized spacial score (nSPS) is 10.8. The molecule has 0 amide bonds. The maximum Gasteiger partial charge on any atom is 0.254 e.